The Balaban J connectivity index is 2.37. The topological polar surface area (TPSA) is 46.2 Å². The Labute approximate surface area is 104 Å². The molecular formula is C13H27NOS. The van der Waals surface area contributed by atoms with Gasteiger partial charge in [0.15, 0.2) is 0 Å². The number of rotatable bonds is 5. The van der Waals surface area contributed by atoms with Crippen molar-refractivity contribution in [2.24, 2.45) is 23.5 Å². The van der Waals surface area contributed by atoms with Gasteiger partial charge in [0.25, 0.3) is 0 Å². The summed E-state index contributed by atoms with van der Waals surface area (Å²) in [7, 11) is 0. The summed E-state index contributed by atoms with van der Waals surface area (Å²) < 4.78 is 0. The van der Waals surface area contributed by atoms with E-state index >= 15 is 0 Å². The van der Waals surface area contributed by atoms with Gasteiger partial charge < -0.3 is 10.8 Å². The molecule has 0 spiro atoms. The second-order valence-corrected chi connectivity index (χ2v) is 6.91. The Morgan fingerprint density at radius 2 is 2.00 bits per heavy atom. The summed E-state index contributed by atoms with van der Waals surface area (Å²) in [6.07, 6.45) is 3.74. The summed E-state index contributed by atoms with van der Waals surface area (Å²) in [6, 6.07) is 0.367. The third-order valence-electron chi connectivity index (χ3n) is 3.73. The van der Waals surface area contributed by atoms with Crippen molar-refractivity contribution < 1.29 is 5.11 Å². The maximum Gasteiger partial charge on any atom is 0.0464 e. The van der Waals surface area contributed by atoms with Crippen molar-refractivity contribution in [2.45, 2.75) is 51.3 Å². The molecule has 4 unspecified atom stereocenters. The molecule has 1 aliphatic carbocycles. The fourth-order valence-electron chi connectivity index (χ4n) is 2.32. The van der Waals surface area contributed by atoms with E-state index in [1.807, 2.05) is 11.8 Å². The molecule has 4 atom stereocenters. The zero-order chi connectivity index (χ0) is 12.1. The molecule has 3 N–H and O–H groups in total. The van der Waals surface area contributed by atoms with Gasteiger partial charge in [0.1, 0.15) is 0 Å². The van der Waals surface area contributed by atoms with Gasteiger partial charge in [0.2, 0.25) is 0 Å². The van der Waals surface area contributed by atoms with Gasteiger partial charge in [0, 0.05) is 17.9 Å². The summed E-state index contributed by atoms with van der Waals surface area (Å²) in [5, 5.41) is 9.63. The fraction of sp³-hybridized carbons (Fsp3) is 1.00. The fourth-order valence-corrected chi connectivity index (χ4v) is 3.77. The van der Waals surface area contributed by atoms with E-state index in [-0.39, 0.29) is 0 Å². The molecule has 0 radical (unpaired) electrons. The van der Waals surface area contributed by atoms with Gasteiger partial charge >= 0.3 is 0 Å². The average molecular weight is 245 g/mol. The Kier molecular flexibility index (Phi) is 6.16. The van der Waals surface area contributed by atoms with Crippen LogP contribution < -0.4 is 5.73 Å². The van der Waals surface area contributed by atoms with Crippen LogP contribution in [0.3, 0.4) is 0 Å². The SMILES string of the molecule is CC(CO)CSC1CC(C(C)C)CCC1N. The van der Waals surface area contributed by atoms with Crippen LogP contribution in [0.25, 0.3) is 0 Å². The molecule has 1 aliphatic rings. The van der Waals surface area contributed by atoms with Gasteiger partial charge in [-0.25, -0.2) is 0 Å². The second kappa shape index (κ2) is 6.87. The van der Waals surface area contributed by atoms with E-state index in [1.165, 1.54) is 19.3 Å². The molecule has 0 aromatic carbocycles. The van der Waals surface area contributed by atoms with Crippen molar-refractivity contribution >= 4 is 11.8 Å². The predicted molar refractivity (Wildman–Crippen MR) is 72.7 cm³/mol. The van der Waals surface area contributed by atoms with Gasteiger partial charge in [-0.2, -0.15) is 11.8 Å². The number of hydrogen-bond acceptors (Lipinski definition) is 3. The molecule has 1 fully saturated rings. The first-order valence-corrected chi connectivity index (χ1v) is 7.57. The molecule has 16 heavy (non-hydrogen) atoms. The lowest BCUT2D eigenvalue weighted by atomic mass is 9.79. The van der Waals surface area contributed by atoms with E-state index in [0.717, 1.165) is 17.6 Å². The molecule has 2 nitrogen and oxygen atoms in total. The van der Waals surface area contributed by atoms with Crippen molar-refractivity contribution in [3.8, 4) is 0 Å². The van der Waals surface area contributed by atoms with E-state index in [4.69, 9.17) is 10.8 Å². The smallest absolute Gasteiger partial charge is 0.0464 e. The van der Waals surface area contributed by atoms with Gasteiger partial charge in [0.05, 0.1) is 0 Å². The first-order chi connectivity index (χ1) is 7.54. The van der Waals surface area contributed by atoms with E-state index in [0.29, 0.717) is 23.8 Å². The molecule has 0 saturated heterocycles. The lowest BCUT2D eigenvalue weighted by molar-refractivity contribution is 0.249. The quantitative estimate of drug-likeness (QED) is 0.782. The molecule has 0 aromatic heterocycles. The van der Waals surface area contributed by atoms with Crippen molar-refractivity contribution in [3.05, 3.63) is 0 Å². The maximum absolute atomic E-state index is 9.03. The minimum atomic E-state index is 0.294. The monoisotopic (exact) mass is 245 g/mol. The van der Waals surface area contributed by atoms with Crippen molar-refractivity contribution in [3.63, 3.8) is 0 Å². The molecule has 0 amide bonds. The minimum Gasteiger partial charge on any atom is -0.396 e. The zero-order valence-corrected chi connectivity index (χ0v) is 11.7. The van der Waals surface area contributed by atoms with Gasteiger partial charge in [-0.1, -0.05) is 20.8 Å². The Morgan fingerprint density at radius 1 is 1.31 bits per heavy atom. The maximum atomic E-state index is 9.03. The Bertz CT molecular complexity index is 198. The summed E-state index contributed by atoms with van der Waals surface area (Å²) in [5.41, 5.74) is 6.19. The largest absolute Gasteiger partial charge is 0.396 e. The van der Waals surface area contributed by atoms with Gasteiger partial charge in [-0.3, -0.25) is 0 Å². The van der Waals surface area contributed by atoms with Crippen LogP contribution in [0.4, 0.5) is 0 Å². The van der Waals surface area contributed by atoms with Crippen LogP contribution in [-0.2, 0) is 0 Å². The van der Waals surface area contributed by atoms with Crippen LogP contribution in [0, 0.1) is 17.8 Å². The lowest BCUT2D eigenvalue weighted by Crippen LogP contribution is -2.40. The molecule has 1 saturated carbocycles. The molecule has 0 bridgehead atoms. The summed E-state index contributed by atoms with van der Waals surface area (Å²) in [6.45, 7) is 7.03. The normalized spacial score (nSPS) is 33.0. The number of thioether (sulfide) groups is 1. The Morgan fingerprint density at radius 3 is 2.56 bits per heavy atom. The van der Waals surface area contributed by atoms with Crippen LogP contribution in [0.2, 0.25) is 0 Å². The van der Waals surface area contributed by atoms with E-state index in [9.17, 15) is 0 Å². The van der Waals surface area contributed by atoms with E-state index < -0.39 is 0 Å². The van der Waals surface area contributed by atoms with E-state index in [2.05, 4.69) is 20.8 Å². The first-order valence-electron chi connectivity index (χ1n) is 6.52. The molecule has 0 aliphatic heterocycles. The average Bonchev–Trinajstić information content (AvgIpc) is 2.27. The first kappa shape index (κ1) is 14.3. The predicted octanol–water partition coefficient (Wildman–Crippen LogP) is 2.50. The van der Waals surface area contributed by atoms with Crippen LogP contribution in [0.15, 0.2) is 0 Å². The molecule has 0 heterocycles. The standard InChI is InChI=1S/C13H27NOS/c1-9(2)11-4-5-12(14)13(6-11)16-8-10(3)7-15/h9-13,15H,4-8,14H2,1-3H3. The summed E-state index contributed by atoms with van der Waals surface area (Å²) >= 11 is 1.97. The van der Waals surface area contributed by atoms with E-state index in [1.54, 1.807) is 0 Å². The van der Waals surface area contributed by atoms with Crippen molar-refractivity contribution in [1.82, 2.24) is 0 Å². The molecule has 0 aromatic rings. The summed E-state index contributed by atoms with van der Waals surface area (Å²) in [4.78, 5) is 0. The number of nitrogens with two attached hydrogens (primary N) is 1. The minimum absolute atomic E-state index is 0.294. The van der Waals surface area contributed by atoms with Crippen LogP contribution in [0.5, 0.6) is 0 Å². The molecule has 1 rings (SSSR count). The molecule has 3 heteroatoms. The second-order valence-electron chi connectivity index (χ2n) is 5.64. The van der Waals surface area contributed by atoms with Crippen molar-refractivity contribution in [2.75, 3.05) is 12.4 Å². The van der Waals surface area contributed by atoms with Crippen LogP contribution in [-0.4, -0.2) is 28.8 Å². The van der Waals surface area contributed by atoms with Gasteiger partial charge in [-0.05, 0) is 42.8 Å². The molecule has 96 valence electrons. The lowest BCUT2D eigenvalue weighted by Gasteiger charge is -2.36. The highest BCUT2D eigenvalue weighted by atomic mass is 32.2. The summed E-state index contributed by atoms with van der Waals surface area (Å²) in [5.74, 6) is 3.07. The highest BCUT2D eigenvalue weighted by Crippen LogP contribution is 2.35. The molecular weight excluding hydrogens is 218 g/mol. The highest BCUT2D eigenvalue weighted by molar-refractivity contribution is 7.99. The third-order valence-corrected chi connectivity index (χ3v) is 5.46. The van der Waals surface area contributed by atoms with Crippen LogP contribution in [0.1, 0.15) is 40.0 Å². The number of hydrogen-bond donors (Lipinski definition) is 2. The third kappa shape index (κ3) is 4.27. The number of aliphatic hydroxyl groups is 1. The zero-order valence-electron chi connectivity index (χ0n) is 10.9. The van der Waals surface area contributed by atoms with Gasteiger partial charge in [-0.15, -0.1) is 0 Å². The van der Waals surface area contributed by atoms with Crippen molar-refractivity contribution in [1.29, 1.82) is 0 Å². The highest BCUT2D eigenvalue weighted by Gasteiger charge is 2.29. The Hall–Kier alpha value is 0.270. The van der Waals surface area contributed by atoms with Crippen LogP contribution >= 0.6 is 11.8 Å². The number of aliphatic hydroxyl groups excluding tert-OH is 1.